The number of aromatic nitrogens is 1. The van der Waals surface area contributed by atoms with E-state index < -0.39 is 11.9 Å². The van der Waals surface area contributed by atoms with Crippen molar-refractivity contribution in [3.05, 3.63) is 76.7 Å². The van der Waals surface area contributed by atoms with E-state index in [0.29, 0.717) is 23.3 Å². The molecule has 0 bridgehead atoms. The van der Waals surface area contributed by atoms with Crippen molar-refractivity contribution in [1.29, 1.82) is 0 Å². The highest BCUT2D eigenvalue weighted by Crippen LogP contribution is 2.53. The van der Waals surface area contributed by atoms with Crippen molar-refractivity contribution >= 4 is 5.97 Å². The molecule has 204 valence electrons. The number of likely N-dealkylation sites (tertiary alicyclic amines) is 1. The number of halogens is 1. The lowest BCUT2D eigenvalue weighted by Crippen LogP contribution is -2.21. The van der Waals surface area contributed by atoms with Gasteiger partial charge in [-0.1, -0.05) is 37.3 Å². The number of benzene rings is 2. The number of nitrogens with zero attached hydrogens (tertiary/aromatic N) is 2. The van der Waals surface area contributed by atoms with Crippen LogP contribution in [0.15, 0.2) is 48.7 Å². The molecule has 1 unspecified atom stereocenters. The summed E-state index contributed by atoms with van der Waals surface area (Å²) in [6.07, 6.45) is 7.17. The molecule has 1 N–H and O–H groups in total. The minimum atomic E-state index is -0.798. The van der Waals surface area contributed by atoms with Crippen LogP contribution >= 0.6 is 0 Å². The standard InChI is InChI=1S/C32H35FN2O4/c1-20(31(36)37)13-21-3-4-22-6-8-28(39-29(22)14-21)23-5-7-25(26-16-30(38-2)34-17-27(26)33)24(15-23)18-35-12-11-32(19-35)9-10-32/h3-5,7,14-17,20,28H,6,8-13,18-19H2,1-2H3,(H,36,37)/t20?,28-/m0/s1. The fraction of sp³-hybridized carbons (Fsp3) is 0.438. The Labute approximate surface area is 228 Å². The number of hydrogen-bond donors (Lipinski definition) is 1. The Morgan fingerprint density at radius 1 is 1.21 bits per heavy atom. The number of fused-ring (bicyclic) bond motifs is 1. The number of carboxylic acid groups (broad SMARTS) is 1. The number of carbonyl (C=O) groups is 1. The first-order valence-corrected chi connectivity index (χ1v) is 13.9. The molecule has 1 aliphatic carbocycles. The molecule has 0 amide bonds. The largest absolute Gasteiger partial charge is 0.485 e. The molecule has 7 heteroatoms. The maximum Gasteiger partial charge on any atom is 0.306 e. The van der Waals surface area contributed by atoms with Crippen LogP contribution in [0.2, 0.25) is 0 Å². The maximum absolute atomic E-state index is 15.0. The highest BCUT2D eigenvalue weighted by Gasteiger charge is 2.47. The molecular weight excluding hydrogens is 495 g/mol. The Kier molecular flexibility index (Phi) is 6.79. The van der Waals surface area contributed by atoms with E-state index in [-0.39, 0.29) is 11.9 Å². The average molecular weight is 531 g/mol. The van der Waals surface area contributed by atoms with Crippen LogP contribution in [0.4, 0.5) is 4.39 Å². The van der Waals surface area contributed by atoms with Crippen molar-refractivity contribution in [3.63, 3.8) is 0 Å². The monoisotopic (exact) mass is 530 g/mol. The van der Waals surface area contributed by atoms with Crippen molar-refractivity contribution in [3.8, 4) is 22.8 Å². The smallest absolute Gasteiger partial charge is 0.306 e. The molecule has 6 nitrogen and oxygen atoms in total. The summed E-state index contributed by atoms with van der Waals surface area (Å²) in [5.74, 6) is -0.402. The molecule has 1 saturated heterocycles. The van der Waals surface area contributed by atoms with E-state index >= 15 is 4.39 Å². The van der Waals surface area contributed by atoms with Gasteiger partial charge in [0.05, 0.1) is 19.2 Å². The van der Waals surface area contributed by atoms with Crippen LogP contribution in [-0.4, -0.2) is 41.2 Å². The molecule has 2 aromatic carbocycles. The van der Waals surface area contributed by atoms with Gasteiger partial charge in [-0.05, 0) is 84.4 Å². The van der Waals surface area contributed by atoms with Crippen molar-refractivity contribution in [2.24, 2.45) is 11.3 Å². The van der Waals surface area contributed by atoms with Crippen LogP contribution in [0, 0.1) is 17.2 Å². The topological polar surface area (TPSA) is 71.9 Å². The number of hydrogen-bond acceptors (Lipinski definition) is 5. The molecule has 3 aliphatic rings. The zero-order valence-corrected chi connectivity index (χ0v) is 22.6. The third-order valence-corrected chi connectivity index (χ3v) is 8.74. The Bertz CT molecular complexity index is 1400. The van der Waals surface area contributed by atoms with Crippen molar-refractivity contribution in [1.82, 2.24) is 9.88 Å². The molecule has 3 aromatic rings. The van der Waals surface area contributed by atoms with Gasteiger partial charge in [-0.2, -0.15) is 0 Å². The first-order chi connectivity index (χ1) is 18.8. The van der Waals surface area contributed by atoms with E-state index in [9.17, 15) is 9.90 Å². The van der Waals surface area contributed by atoms with Gasteiger partial charge in [0.15, 0.2) is 0 Å². The minimum Gasteiger partial charge on any atom is -0.485 e. The molecule has 3 heterocycles. The molecule has 1 spiro atoms. The van der Waals surface area contributed by atoms with Crippen LogP contribution in [-0.2, 0) is 24.2 Å². The summed E-state index contributed by atoms with van der Waals surface area (Å²) in [6, 6.07) is 14.0. The first-order valence-electron chi connectivity index (χ1n) is 13.9. The molecule has 1 aromatic heterocycles. The normalized spacial score (nSPS) is 20.3. The maximum atomic E-state index is 15.0. The van der Waals surface area contributed by atoms with E-state index in [2.05, 4.69) is 22.0 Å². The Morgan fingerprint density at radius 2 is 2.05 bits per heavy atom. The van der Waals surface area contributed by atoms with Gasteiger partial charge in [0.2, 0.25) is 5.88 Å². The summed E-state index contributed by atoms with van der Waals surface area (Å²) in [6.45, 7) is 4.65. The molecule has 0 radical (unpaired) electrons. The lowest BCUT2D eigenvalue weighted by Gasteiger charge is -2.28. The molecule has 6 rings (SSSR count). The predicted octanol–water partition coefficient (Wildman–Crippen LogP) is 6.21. The Balaban J connectivity index is 1.30. The highest BCUT2D eigenvalue weighted by atomic mass is 19.1. The molecule has 2 atom stereocenters. The molecule has 2 fully saturated rings. The van der Waals surface area contributed by atoms with Crippen LogP contribution in [0.25, 0.3) is 11.1 Å². The number of rotatable bonds is 8. The predicted molar refractivity (Wildman–Crippen MR) is 146 cm³/mol. The van der Waals surface area contributed by atoms with Crippen molar-refractivity contribution in [2.45, 2.75) is 58.1 Å². The summed E-state index contributed by atoms with van der Waals surface area (Å²) >= 11 is 0. The van der Waals surface area contributed by atoms with E-state index in [1.165, 1.54) is 25.5 Å². The number of pyridine rings is 1. The minimum absolute atomic E-state index is 0.123. The summed E-state index contributed by atoms with van der Waals surface area (Å²) in [4.78, 5) is 17.9. The van der Waals surface area contributed by atoms with Gasteiger partial charge in [-0.15, -0.1) is 0 Å². The van der Waals surface area contributed by atoms with Crippen molar-refractivity contribution < 1.29 is 23.8 Å². The van der Waals surface area contributed by atoms with E-state index in [0.717, 1.165) is 66.0 Å². The first kappa shape index (κ1) is 25.8. The van der Waals surface area contributed by atoms with Crippen LogP contribution < -0.4 is 9.47 Å². The average Bonchev–Trinajstić information content (AvgIpc) is 3.59. The van der Waals surface area contributed by atoms with Gasteiger partial charge >= 0.3 is 5.97 Å². The fourth-order valence-electron chi connectivity index (χ4n) is 6.15. The summed E-state index contributed by atoms with van der Waals surface area (Å²) in [7, 11) is 1.54. The molecular formula is C32H35FN2O4. The van der Waals surface area contributed by atoms with Gasteiger partial charge in [0.25, 0.3) is 0 Å². The van der Waals surface area contributed by atoms with Gasteiger partial charge in [0, 0.05) is 24.7 Å². The lowest BCUT2D eigenvalue weighted by molar-refractivity contribution is -0.141. The number of carboxylic acids is 1. The van der Waals surface area contributed by atoms with E-state index in [1.807, 2.05) is 24.3 Å². The summed E-state index contributed by atoms with van der Waals surface area (Å²) < 4.78 is 26.8. The van der Waals surface area contributed by atoms with Crippen LogP contribution in [0.3, 0.4) is 0 Å². The number of aryl methyl sites for hydroxylation is 1. The third-order valence-electron chi connectivity index (χ3n) is 8.74. The second-order valence-electron chi connectivity index (χ2n) is 11.6. The quantitative estimate of drug-likeness (QED) is 0.373. The zero-order valence-electron chi connectivity index (χ0n) is 22.6. The van der Waals surface area contributed by atoms with Gasteiger partial charge in [-0.3, -0.25) is 9.69 Å². The zero-order chi connectivity index (χ0) is 27.1. The molecule has 2 aliphatic heterocycles. The summed E-state index contributed by atoms with van der Waals surface area (Å²) in [5.41, 5.74) is 6.12. The second kappa shape index (κ2) is 10.3. The van der Waals surface area contributed by atoms with E-state index in [4.69, 9.17) is 9.47 Å². The lowest BCUT2D eigenvalue weighted by atomic mass is 9.91. The SMILES string of the molecule is COc1cc(-c2ccc([C@@H]3CCc4ccc(CC(C)C(=O)O)cc4O3)cc2CN2CCC3(CC3)C2)c(F)cn1. The van der Waals surface area contributed by atoms with Crippen LogP contribution in [0.5, 0.6) is 11.6 Å². The number of aliphatic carboxylic acids is 1. The summed E-state index contributed by atoms with van der Waals surface area (Å²) in [5, 5.41) is 9.32. The second-order valence-corrected chi connectivity index (χ2v) is 11.6. The van der Waals surface area contributed by atoms with Crippen molar-refractivity contribution in [2.75, 3.05) is 20.2 Å². The van der Waals surface area contributed by atoms with Gasteiger partial charge < -0.3 is 14.6 Å². The molecule has 1 saturated carbocycles. The Hall–Kier alpha value is -3.45. The number of ether oxygens (including phenoxy) is 2. The highest BCUT2D eigenvalue weighted by molar-refractivity contribution is 5.70. The number of methoxy groups -OCH3 is 1. The van der Waals surface area contributed by atoms with Gasteiger partial charge in [-0.25, -0.2) is 9.37 Å². The fourth-order valence-corrected chi connectivity index (χ4v) is 6.15. The molecule has 39 heavy (non-hydrogen) atoms. The third kappa shape index (κ3) is 5.37. The van der Waals surface area contributed by atoms with Gasteiger partial charge in [0.1, 0.15) is 17.7 Å². The van der Waals surface area contributed by atoms with Crippen LogP contribution in [0.1, 0.15) is 61.0 Å². The van der Waals surface area contributed by atoms with E-state index in [1.54, 1.807) is 20.1 Å². The Morgan fingerprint density at radius 3 is 2.79 bits per heavy atom.